The van der Waals surface area contributed by atoms with E-state index in [0.29, 0.717) is 6.42 Å². The Morgan fingerprint density at radius 2 is 1.81 bits per heavy atom. The van der Waals surface area contributed by atoms with E-state index in [1.54, 1.807) is 27.7 Å². The van der Waals surface area contributed by atoms with Gasteiger partial charge < -0.3 is 20.1 Å². The van der Waals surface area contributed by atoms with Gasteiger partial charge >= 0.3 is 12.3 Å². The maximum absolute atomic E-state index is 12.9. The van der Waals surface area contributed by atoms with Crippen LogP contribution in [-0.2, 0) is 15.7 Å². The Balaban J connectivity index is 2.59. The van der Waals surface area contributed by atoms with E-state index < -0.39 is 29.3 Å². The molecule has 2 N–H and O–H groups in total. The summed E-state index contributed by atoms with van der Waals surface area (Å²) < 4.78 is 48.9. The van der Waals surface area contributed by atoms with Crippen LogP contribution < -0.4 is 15.4 Å². The normalized spacial score (nSPS) is 11.7. The van der Waals surface area contributed by atoms with Crippen molar-refractivity contribution >= 4 is 17.7 Å². The number of alkyl halides is 3. The summed E-state index contributed by atoms with van der Waals surface area (Å²) in [5.41, 5.74) is -1.55. The molecule has 0 heterocycles. The minimum absolute atomic E-state index is 0.0115. The average Bonchev–Trinajstić information content (AvgIpc) is 2.51. The molecule has 0 bridgehead atoms. The second-order valence-corrected chi connectivity index (χ2v) is 6.72. The minimum Gasteiger partial charge on any atom is -0.492 e. The van der Waals surface area contributed by atoms with E-state index >= 15 is 0 Å². The number of carbonyl (C=O) groups is 2. The van der Waals surface area contributed by atoms with Crippen molar-refractivity contribution in [1.29, 1.82) is 0 Å². The van der Waals surface area contributed by atoms with Crippen LogP contribution in [0, 0.1) is 0 Å². The van der Waals surface area contributed by atoms with Crippen molar-refractivity contribution in [3.05, 3.63) is 23.8 Å². The van der Waals surface area contributed by atoms with E-state index in [2.05, 4.69) is 10.6 Å². The molecule has 0 fully saturated rings. The molecule has 152 valence electrons. The van der Waals surface area contributed by atoms with Crippen molar-refractivity contribution in [3.8, 4) is 5.75 Å². The summed E-state index contributed by atoms with van der Waals surface area (Å²) in [5.74, 6) is -0.327. The highest BCUT2D eigenvalue weighted by Crippen LogP contribution is 2.35. The topological polar surface area (TPSA) is 76.7 Å². The summed E-state index contributed by atoms with van der Waals surface area (Å²) in [7, 11) is 0. The number of halogens is 3. The van der Waals surface area contributed by atoms with Gasteiger partial charge in [0.15, 0.2) is 0 Å². The number of benzene rings is 1. The lowest BCUT2D eigenvalue weighted by Gasteiger charge is -2.19. The van der Waals surface area contributed by atoms with Gasteiger partial charge in [0, 0.05) is 13.0 Å². The molecule has 0 aliphatic rings. The third kappa shape index (κ3) is 8.65. The molecule has 0 atom stereocenters. The Bertz CT molecular complexity index is 655. The van der Waals surface area contributed by atoms with Crippen LogP contribution in [0.5, 0.6) is 5.75 Å². The van der Waals surface area contributed by atoms with E-state index in [-0.39, 0.29) is 31.0 Å². The van der Waals surface area contributed by atoms with Gasteiger partial charge in [-0.15, -0.1) is 0 Å². The van der Waals surface area contributed by atoms with Gasteiger partial charge in [0.25, 0.3) is 0 Å². The first-order valence-corrected chi connectivity index (χ1v) is 8.53. The molecule has 27 heavy (non-hydrogen) atoms. The van der Waals surface area contributed by atoms with Gasteiger partial charge in [-0.3, -0.25) is 4.79 Å². The van der Waals surface area contributed by atoms with Crippen molar-refractivity contribution in [1.82, 2.24) is 5.32 Å². The van der Waals surface area contributed by atoms with Crippen LogP contribution in [0.25, 0.3) is 0 Å². The molecule has 0 unspecified atom stereocenters. The third-order valence-electron chi connectivity index (χ3n) is 3.13. The van der Waals surface area contributed by atoms with E-state index in [1.807, 2.05) is 0 Å². The number of ether oxygens (including phenoxy) is 2. The fourth-order valence-corrected chi connectivity index (χ4v) is 2.05. The Morgan fingerprint density at radius 3 is 2.37 bits per heavy atom. The highest BCUT2D eigenvalue weighted by Gasteiger charge is 2.31. The van der Waals surface area contributed by atoms with Crippen molar-refractivity contribution in [3.63, 3.8) is 0 Å². The van der Waals surface area contributed by atoms with E-state index in [9.17, 15) is 22.8 Å². The third-order valence-corrected chi connectivity index (χ3v) is 3.13. The highest BCUT2D eigenvalue weighted by atomic mass is 19.4. The zero-order valence-corrected chi connectivity index (χ0v) is 15.8. The Morgan fingerprint density at radius 1 is 1.15 bits per heavy atom. The first-order chi connectivity index (χ1) is 12.4. The molecular formula is C18H25F3N2O4. The first kappa shape index (κ1) is 22.6. The molecule has 1 aromatic carbocycles. The van der Waals surface area contributed by atoms with Gasteiger partial charge in [0.05, 0.1) is 17.9 Å². The predicted octanol–water partition coefficient (Wildman–Crippen LogP) is 4.35. The average molecular weight is 390 g/mol. The standard InChI is InChI=1S/C18H25F3N2O4/c1-5-26-14-9-8-12(18(19,20)21)11-13(14)23-15(24)7-6-10-22-16(25)27-17(2,3)4/h8-9,11H,5-7,10H2,1-4H3,(H,22,25)(H,23,24). The summed E-state index contributed by atoms with van der Waals surface area (Å²) in [5, 5.41) is 4.93. The number of nitrogens with one attached hydrogen (secondary N) is 2. The highest BCUT2D eigenvalue weighted by molar-refractivity contribution is 5.92. The lowest BCUT2D eigenvalue weighted by molar-refractivity contribution is -0.137. The second kappa shape index (κ2) is 9.48. The predicted molar refractivity (Wildman–Crippen MR) is 94.7 cm³/mol. The van der Waals surface area contributed by atoms with Gasteiger partial charge in [0.2, 0.25) is 5.91 Å². The smallest absolute Gasteiger partial charge is 0.416 e. The Labute approximate surface area is 156 Å². The van der Waals surface area contributed by atoms with Crippen LogP contribution in [0.4, 0.5) is 23.7 Å². The van der Waals surface area contributed by atoms with Gasteiger partial charge in [-0.2, -0.15) is 13.2 Å². The first-order valence-electron chi connectivity index (χ1n) is 8.53. The maximum atomic E-state index is 12.9. The van der Waals surface area contributed by atoms with Crippen LogP contribution in [-0.4, -0.2) is 30.8 Å². The number of amides is 2. The fourth-order valence-electron chi connectivity index (χ4n) is 2.05. The van der Waals surface area contributed by atoms with Crippen molar-refractivity contribution < 1.29 is 32.2 Å². The van der Waals surface area contributed by atoms with Gasteiger partial charge in [-0.25, -0.2) is 4.79 Å². The lowest BCUT2D eigenvalue weighted by Crippen LogP contribution is -2.33. The summed E-state index contributed by atoms with van der Waals surface area (Å²) in [6.07, 6.45) is -4.81. The molecular weight excluding hydrogens is 365 g/mol. The summed E-state index contributed by atoms with van der Waals surface area (Å²) in [6.45, 7) is 7.31. The molecule has 1 rings (SSSR count). The molecule has 1 aromatic rings. The number of hydrogen-bond donors (Lipinski definition) is 2. The summed E-state index contributed by atoms with van der Waals surface area (Å²) >= 11 is 0. The van der Waals surface area contributed by atoms with E-state index in [4.69, 9.17) is 9.47 Å². The molecule has 0 spiro atoms. The molecule has 0 saturated heterocycles. The SMILES string of the molecule is CCOc1ccc(C(F)(F)F)cc1NC(=O)CCCNC(=O)OC(C)(C)C. The summed E-state index contributed by atoms with van der Waals surface area (Å²) in [6, 6.07) is 2.90. The largest absolute Gasteiger partial charge is 0.492 e. The minimum atomic E-state index is -4.53. The molecule has 0 radical (unpaired) electrons. The van der Waals surface area contributed by atoms with Crippen LogP contribution in [0.15, 0.2) is 18.2 Å². The van der Waals surface area contributed by atoms with Crippen molar-refractivity contribution in [2.45, 2.75) is 52.3 Å². The molecule has 9 heteroatoms. The van der Waals surface area contributed by atoms with Crippen molar-refractivity contribution in [2.24, 2.45) is 0 Å². The Hall–Kier alpha value is -2.45. The number of alkyl carbamates (subject to hydrolysis) is 1. The number of carbonyl (C=O) groups excluding carboxylic acids is 2. The molecule has 0 aliphatic heterocycles. The van der Waals surface area contributed by atoms with Crippen LogP contribution >= 0.6 is 0 Å². The number of hydrogen-bond acceptors (Lipinski definition) is 4. The quantitative estimate of drug-likeness (QED) is 0.679. The summed E-state index contributed by atoms with van der Waals surface area (Å²) in [4.78, 5) is 23.5. The van der Waals surface area contributed by atoms with Crippen molar-refractivity contribution in [2.75, 3.05) is 18.5 Å². The molecule has 0 aliphatic carbocycles. The lowest BCUT2D eigenvalue weighted by atomic mass is 10.1. The van der Waals surface area contributed by atoms with Crippen LogP contribution in [0.3, 0.4) is 0 Å². The second-order valence-electron chi connectivity index (χ2n) is 6.72. The monoisotopic (exact) mass is 390 g/mol. The van der Waals surface area contributed by atoms with E-state index in [1.165, 1.54) is 6.07 Å². The molecule has 0 aromatic heterocycles. The van der Waals surface area contributed by atoms with E-state index in [0.717, 1.165) is 12.1 Å². The van der Waals surface area contributed by atoms with Gasteiger partial charge in [-0.1, -0.05) is 0 Å². The zero-order chi connectivity index (χ0) is 20.7. The number of anilines is 1. The number of rotatable bonds is 7. The molecule has 2 amide bonds. The fraction of sp³-hybridized carbons (Fsp3) is 0.556. The van der Waals surface area contributed by atoms with Gasteiger partial charge in [0.1, 0.15) is 11.4 Å². The zero-order valence-electron chi connectivity index (χ0n) is 15.8. The molecule has 6 nitrogen and oxygen atoms in total. The van der Waals surface area contributed by atoms with Gasteiger partial charge in [-0.05, 0) is 52.3 Å². The maximum Gasteiger partial charge on any atom is 0.416 e. The Kier molecular flexibility index (Phi) is 7.93. The van der Waals surface area contributed by atoms with Crippen LogP contribution in [0.1, 0.15) is 46.1 Å². The van der Waals surface area contributed by atoms with Crippen LogP contribution in [0.2, 0.25) is 0 Å². The molecule has 0 saturated carbocycles.